The third-order valence-electron chi connectivity index (χ3n) is 3.40. The number of hydrogen-bond donors (Lipinski definition) is 1. The van der Waals surface area contributed by atoms with Gasteiger partial charge >= 0.3 is 6.18 Å². The predicted molar refractivity (Wildman–Crippen MR) is 63.5 cm³/mol. The van der Waals surface area contributed by atoms with Gasteiger partial charge < -0.3 is 5.32 Å². The van der Waals surface area contributed by atoms with E-state index in [1.807, 2.05) is 26.8 Å². The second-order valence-electron chi connectivity index (χ2n) is 5.82. The maximum atomic E-state index is 13.1. The minimum Gasteiger partial charge on any atom is -0.366 e. The van der Waals surface area contributed by atoms with Crippen LogP contribution in [0.1, 0.15) is 38.8 Å². The zero-order chi connectivity index (χ0) is 14.4. The van der Waals surface area contributed by atoms with E-state index >= 15 is 0 Å². The lowest BCUT2D eigenvalue weighted by Crippen LogP contribution is -2.45. The van der Waals surface area contributed by atoms with E-state index in [2.05, 4.69) is 10.4 Å². The first kappa shape index (κ1) is 13.7. The number of alkyl halides is 3. The van der Waals surface area contributed by atoms with Gasteiger partial charge in [-0.1, -0.05) is 20.8 Å². The minimum absolute atomic E-state index is 0.0907. The van der Waals surface area contributed by atoms with E-state index in [0.29, 0.717) is 0 Å². The van der Waals surface area contributed by atoms with Crippen LogP contribution >= 0.6 is 0 Å². The fourth-order valence-electron chi connectivity index (χ4n) is 2.21. The first-order valence-corrected chi connectivity index (χ1v) is 5.95. The van der Waals surface area contributed by atoms with Crippen molar-refractivity contribution in [2.75, 3.05) is 5.32 Å². The third-order valence-corrected chi connectivity index (χ3v) is 3.40. The van der Waals surface area contributed by atoms with E-state index in [9.17, 15) is 13.2 Å². The lowest BCUT2D eigenvalue weighted by molar-refractivity contribution is -0.175. The van der Waals surface area contributed by atoms with Gasteiger partial charge in [-0.25, -0.2) is 4.68 Å². The van der Waals surface area contributed by atoms with Crippen LogP contribution in [-0.4, -0.2) is 22.0 Å². The van der Waals surface area contributed by atoms with Gasteiger partial charge in [0.25, 0.3) is 0 Å². The normalized spacial score (nSPS) is 23.4. The maximum absolute atomic E-state index is 13.1. The molecule has 1 aromatic heterocycles. The molecule has 104 valence electrons. The van der Waals surface area contributed by atoms with Crippen LogP contribution in [0.4, 0.5) is 19.0 Å². The van der Waals surface area contributed by atoms with E-state index in [-0.39, 0.29) is 29.3 Å². The van der Waals surface area contributed by atoms with E-state index in [1.54, 1.807) is 0 Å². The first-order valence-electron chi connectivity index (χ1n) is 5.95. The summed E-state index contributed by atoms with van der Waals surface area (Å²) in [6, 6.07) is -0.185. The number of aromatic nitrogens is 2. The van der Waals surface area contributed by atoms with Crippen molar-refractivity contribution in [3.63, 3.8) is 0 Å². The Labute approximate surface area is 109 Å². The molecule has 0 spiro atoms. The van der Waals surface area contributed by atoms with Crippen molar-refractivity contribution in [3.8, 4) is 6.07 Å². The number of rotatable bonds is 0. The standard InChI is InChI=1S/C12H15F3N4/c1-11(2,3)8-4-9(12(13,14)15)19-10(18-8)7(5-16)6-17-19/h6,8-9,18H,4H2,1-3H3/t8-,9-/m1/s1. The molecule has 1 N–H and O–H groups in total. The highest BCUT2D eigenvalue weighted by Gasteiger charge is 2.48. The van der Waals surface area contributed by atoms with Crippen molar-refractivity contribution >= 4 is 5.82 Å². The monoisotopic (exact) mass is 272 g/mol. The van der Waals surface area contributed by atoms with Gasteiger partial charge in [0, 0.05) is 6.04 Å². The Hall–Kier alpha value is -1.71. The van der Waals surface area contributed by atoms with Gasteiger partial charge in [0.05, 0.1) is 6.20 Å². The molecule has 0 aromatic carbocycles. The fraction of sp³-hybridized carbons (Fsp3) is 0.667. The summed E-state index contributed by atoms with van der Waals surface area (Å²) in [5, 5.41) is 15.7. The average Bonchev–Trinajstić information content (AvgIpc) is 2.67. The molecular weight excluding hydrogens is 257 g/mol. The molecule has 0 fully saturated rings. The van der Waals surface area contributed by atoms with Crippen molar-refractivity contribution < 1.29 is 13.2 Å². The number of anilines is 1. The zero-order valence-electron chi connectivity index (χ0n) is 10.9. The summed E-state index contributed by atoms with van der Waals surface area (Å²) in [7, 11) is 0. The summed E-state index contributed by atoms with van der Waals surface area (Å²) in [4.78, 5) is 0. The number of hydrogen-bond acceptors (Lipinski definition) is 3. The SMILES string of the molecule is CC(C)(C)[C@H]1C[C@H](C(F)(F)F)n2ncc(C#N)c2N1. The molecule has 1 aliphatic rings. The van der Waals surface area contributed by atoms with Crippen LogP contribution in [0.3, 0.4) is 0 Å². The Morgan fingerprint density at radius 1 is 1.42 bits per heavy atom. The summed E-state index contributed by atoms with van der Waals surface area (Å²) in [5.74, 6) is 0.163. The van der Waals surface area contributed by atoms with Gasteiger partial charge in [0.2, 0.25) is 0 Å². The molecule has 2 heterocycles. The number of nitriles is 1. The van der Waals surface area contributed by atoms with Crippen LogP contribution < -0.4 is 5.32 Å². The van der Waals surface area contributed by atoms with Gasteiger partial charge in [-0.2, -0.15) is 23.5 Å². The molecule has 1 aliphatic heterocycles. The predicted octanol–water partition coefficient (Wildman–Crippen LogP) is 3.09. The second kappa shape index (κ2) is 4.15. The molecule has 1 aromatic rings. The highest BCUT2D eigenvalue weighted by atomic mass is 19.4. The summed E-state index contributed by atoms with van der Waals surface area (Å²) in [6.07, 6.45) is -3.29. The lowest BCUT2D eigenvalue weighted by Gasteiger charge is -2.39. The third kappa shape index (κ3) is 2.39. The number of nitrogens with one attached hydrogen (secondary N) is 1. The fourth-order valence-corrected chi connectivity index (χ4v) is 2.21. The van der Waals surface area contributed by atoms with Crippen LogP contribution in [0, 0.1) is 16.7 Å². The minimum atomic E-state index is -4.38. The molecule has 0 saturated heterocycles. The first-order chi connectivity index (χ1) is 8.64. The lowest BCUT2D eigenvalue weighted by atomic mass is 9.82. The summed E-state index contributed by atoms with van der Waals surface area (Å²) >= 11 is 0. The topological polar surface area (TPSA) is 53.6 Å². The Kier molecular flexibility index (Phi) is 3.00. The smallest absolute Gasteiger partial charge is 0.366 e. The van der Waals surface area contributed by atoms with Crippen LogP contribution in [0.15, 0.2) is 6.20 Å². The van der Waals surface area contributed by atoms with Crippen molar-refractivity contribution in [1.29, 1.82) is 5.26 Å². The number of nitrogens with zero attached hydrogens (tertiary/aromatic N) is 3. The Morgan fingerprint density at radius 3 is 2.53 bits per heavy atom. The molecule has 0 unspecified atom stereocenters. The summed E-state index contributed by atoms with van der Waals surface area (Å²) in [5.41, 5.74) is -0.200. The Morgan fingerprint density at radius 2 is 2.05 bits per heavy atom. The van der Waals surface area contributed by atoms with Crippen LogP contribution in [0.5, 0.6) is 0 Å². The van der Waals surface area contributed by atoms with Crippen molar-refractivity contribution in [2.24, 2.45) is 5.41 Å². The largest absolute Gasteiger partial charge is 0.410 e. The maximum Gasteiger partial charge on any atom is 0.410 e. The van der Waals surface area contributed by atoms with E-state index in [0.717, 1.165) is 4.68 Å². The molecule has 2 atom stereocenters. The van der Waals surface area contributed by atoms with Crippen LogP contribution in [-0.2, 0) is 0 Å². The zero-order valence-corrected chi connectivity index (χ0v) is 10.9. The van der Waals surface area contributed by atoms with E-state index < -0.39 is 12.2 Å². The molecule has 0 saturated carbocycles. The number of halogens is 3. The molecule has 0 bridgehead atoms. The molecule has 0 radical (unpaired) electrons. The molecule has 7 heteroatoms. The van der Waals surface area contributed by atoms with Gasteiger partial charge in [-0.05, 0) is 11.8 Å². The molecule has 2 rings (SSSR count). The molecule has 0 aliphatic carbocycles. The summed E-state index contributed by atoms with van der Waals surface area (Å²) < 4.78 is 40.2. The van der Waals surface area contributed by atoms with E-state index in [1.165, 1.54) is 6.20 Å². The highest BCUT2D eigenvalue weighted by molar-refractivity contribution is 5.53. The van der Waals surface area contributed by atoms with Crippen LogP contribution in [0.2, 0.25) is 0 Å². The molecule has 4 nitrogen and oxygen atoms in total. The van der Waals surface area contributed by atoms with Gasteiger partial charge in [0.15, 0.2) is 6.04 Å². The quantitative estimate of drug-likeness (QED) is 0.789. The van der Waals surface area contributed by atoms with Crippen LogP contribution in [0.25, 0.3) is 0 Å². The summed E-state index contributed by atoms with van der Waals surface area (Å²) in [6.45, 7) is 5.61. The number of fused-ring (bicyclic) bond motifs is 1. The van der Waals surface area contributed by atoms with E-state index in [4.69, 9.17) is 5.26 Å². The van der Waals surface area contributed by atoms with Crippen molar-refractivity contribution in [1.82, 2.24) is 9.78 Å². The molecule has 19 heavy (non-hydrogen) atoms. The Bertz CT molecular complexity index is 519. The molecule has 0 amide bonds. The van der Waals surface area contributed by atoms with Gasteiger partial charge in [-0.15, -0.1) is 0 Å². The average molecular weight is 272 g/mol. The van der Waals surface area contributed by atoms with Crippen molar-refractivity contribution in [3.05, 3.63) is 11.8 Å². The second-order valence-corrected chi connectivity index (χ2v) is 5.82. The highest BCUT2D eigenvalue weighted by Crippen LogP contribution is 2.43. The molecular formula is C12H15F3N4. The Balaban J connectivity index is 2.49. The van der Waals surface area contributed by atoms with Gasteiger partial charge in [-0.3, -0.25) is 0 Å². The van der Waals surface area contributed by atoms with Crippen molar-refractivity contribution in [2.45, 2.75) is 45.5 Å². The van der Waals surface area contributed by atoms with Gasteiger partial charge in [0.1, 0.15) is 17.5 Å².